The van der Waals surface area contributed by atoms with Crippen LogP contribution in [0.1, 0.15) is 68.7 Å². The van der Waals surface area contributed by atoms with Crippen LogP contribution in [0.3, 0.4) is 0 Å². The summed E-state index contributed by atoms with van der Waals surface area (Å²) in [4.78, 5) is 0. The molecule has 0 saturated carbocycles. The van der Waals surface area contributed by atoms with Crippen molar-refractivity contribution in [2.75, 3.05) is 12.4 Å². The van der Waals surface area contributed by atoms with Crippen molar-refractivity contribution >= 4 is 30.5 Å². The minimum Gasteiger partial charge on any atom is -0.405 e. The quantitative estimate of drug-likeness (QED) is 0.338. The van der Waals surface area contributed by atoms with Gasteiger partial charge in [0.05, 0.1) is 18.8 Å². The Morgan fingerprint density at radius 1 is 0.667 bits per heavy atom. The van der Waals surface area contributed by atoms with Crippen molar-refractivity contribution in [2.45, 2.75) is 146 Å². The van der Waals surface area contributed by atoms with Crippen LogP contribution in [-0.4, -0.2) is 92.5 Å². The van der Waals surface area contributed by atoms with Gasteiger partial charge in [0.1, 0.15) is 36.0 Å². The molecule has 264 valence electrons. The predicted molar refractivity (Wildman–Crippen MR) is 186 cm³/mol. The fraction of sp³-hybridized carbons (Fsp3) is 0.676. The molecule has 48 heavy (non-hydrogen) atoms. The van der Waals surface area contributed by atoms with E-state index in [4.69, 9.17) is 42.3 Å². The van der Waals surface area contributed by atoms with Crippen molar-refractivity contribution in [1.82, 2.24) is 0 Å². The fourth-order valence-corrected chi connectivity index (χ4v) is 13.9. The predicted octanol–water partition coefficient (Wildman–Crippen LogP) is 5.33. The molecule has 2 aromatic rings. The highest BCUT2D eigenvalue weighted by molar-refractivity contribution is 7.99. The summed E-state index contributed by atoms with van der Waals surface area (Å²) in [6.07, 6.45) is -1.74. The number of benzene rings is 2. The molecule has 11 heteroatoms. The zero-order valence-electron chi connectivity index (χ0n) is 29.7. The Balaban J connectivity index is 1.12. The molecule has 5 aliphatic rings. The number of ether oxygens (including phenoxy) is 8. The second-order valence-corrected chi connectivity index (χ2v) is 21.5. The van der Waals surface area contributed by atoms with Crippen LogP contribution in [0.4, 0.5) is 0 Å². The van der Waals surface area contributed by atoms with Crippen LogP contribution in [0.2, 0.25) is 5.04 Å². The number of thioether (sulfide) groups is 1. The standard InChI is InChI=1S/C37H52O9SSi/c1-34(2,3)48(23-16-12-10-13-17-23,24-18-14-11-15-19-24)38-21-26-29-25(41-35(4,5)42-29)20-28(39-26)47-22-27-30-31(44-36(6,7)43-30)32-33(40-27)46-37(8,9)45-32/h10-19,25-33H,20-22H2,1-9H3/t25-,26?,27?,28-,29-,30+,31?,32?,33-/m1/s1. The molecule has 5 fully saturated rings. The highest BCUT2D eigenvalue weighted by atomic mass is 32.2. The first-order valence-corrected chi connectivity index (χ1v) is 20.3. The third kappa shape index (κ3) is 6.70. The molecule has 0 radical (unpaired) electrons. The Kier molecular flexibility index (Phi) is 9.28. The molecule has 5 heterocycles. The minimum atomic E-state index is -2.79. The molecule has 2 aromatic carbocycles. The number of fused-ring (bicyclic) bond motifs is 4. The maximum atomic E-state index is 7.35. The summed E-state index contributed by atoms with van der Waals surface area (Å²) in [7, 11) is -2.79. The van der Waals surface area contributed by atoms with Gasteiger partial charge >= 0.3 is 0 Å². The summed E-state index contributed by atoms with van der Waals surface area (Å²) in [5.41, 5.74) is -0.163. The largest absolute Gasteiger partial charge is 0.405 e. The van der Waals surface area contributed by atoms with E-state index in [1.54, 1.807) is 11.8 Å². The van der Waals surface area contributed by atoms with Crippen LogP contribution < -0.4 is 10.4 Å². The molecule has 0 aliphatic carbocycles. The number of hydrogen-bond donors (Lipinski definition) is 0. The van der Waals surface area contributed by atoms with E-state index in [2.05, 4.69) is 81.4 Å². The molecule has 9 nitrogen and oxygen atoms in total. The lowest BCUT2D eigenvalue weighted by molar-refractivity contribution is -0.228. The lowest BCUT2D eigenvalue weighted by Crippen LogP contribution is -2.67. The van der Waals surface area contributed by atoms with Crippen molar-refractivity contribution in [3.05, 3.63) is 60.7 Å². The van der Waals surface area contributed by atoms with E-state index in [-0.39, 0.29) is 53.2 Å². The van der Waals surface area contributed by atoms with E-state index in [1.165, 1.54) is 10.4 Å². The maximum Gasteiger partial charge on any atom is 0.261 e. The zero-order valence-corrected chi connectivity index (χ0v) is 31.5. The summed E-state index contributed by atoms with van der Waals surface area (Å²) in [6, 6.07) is 21.4. The third-order valence-electron chi connectivity index (χ3n) is 9.92. The molecular formula is C37H52O9SSi. The van der Waals surface area contributed by atoms with Gasteiger partial charge in [0, 0.05) is 12.2 Å². The molecule has 0 bridgehead atoms. The first kappa shape index (κ1) is 35.1. The maximum absolute atomic E-state index is 7.35. The second-order valence-electron chi connectivity index (χ2n) is 16.0. The van der Waals surface area contributed by atoms with Crippen molar-refractivity contribution in [3.63, 3.8) is 0 Å². The fourth-order valence-electron chi connectivity index (χ4n) is 8.12. The van der Waals surface area contributed by atoms with Gasteiger partial charge in [-0.1, -0.05) is 81.4 Å². The highest BCUT2D eigenvalue weighted by Gasteiger charge is 2.61. The van der Waals surface area contributed by atoms with Crippen LogP contribution in [0.15, 0.2) is 60.7 Å². The summed E-state index contributed by atoms with van der Waals surface area (Å²) in [5, 5.41) is 2.31. The van der Waals surface area contributed by atoms with Crippen LogP contribution in [-0.2, 0) is 42.3 Å². The van der Waals surface area contributed by atoms with Gasteiger partial charge in [0.15, 0.2) is 23.7 Å². The Hall–Kier alpha value is -1.35. The molecule has 5 aliphatic heterocycles. The molecule has 9 atom stereocenters. The van der Waals surface area contributed by atoms with Crippen molar-refractivity contribution < 1.29 is 42.3 Å². The molecule has 0 amide bonds. The van der Waals surface area contributed by atoms with Gasteiger partial charge in [-0.15, -0.1) is 11.8 Å². The van der Waals surface area contributed by atoms with Crippen LogP contribution in [0, 0.1) is 0 Å². The number of hydrogen-bond acceptors (Lipinski definition) is 10. The topological polar surface area (TPSA) is 83.1 Å². The molecule has 0 N–H and O–H groups in total. The molecule has 0 spiro atoms. The van der Waals surface area contributed by atoms with Crippen molar-refractivity contribution in [1.29, 1.82) is 0 Å². The molecular weight excluding hydrogens is 649 g/mol. The zero-order chi connectivity index (χ0) is 34.1. The number of rotatable bonds is 8. The average Bonchev–Trinajstić information content (AvgIpc) is 3.63. The van der Waals surface area contributed by atoms with Crippen LogP contribution >= 0.6 is 11.8 Å². The van der Waals surface area contributed by atoms with Crippen LogP contribution in [0.5, 0.6) is 0 Å². The molecule has 0 aromatic heterocycles. The molecule has 5 saturated heterocycles. The molecule has 7 rings (SSSR count). The third-order valence-corrected chi connectivity index (χ3v) is 16.1. The van der Waals surface area contributed by atoms with Crippen LogP contribution in [0.25, 0.3) is 0 Å². The van der Waals surface area contributed by atoms with E-state index in [9.17, 15) is 0 Å². The van der Waals surface area contributed by atoms with E-state index in [0.717, 1.165) is 0 Å². The first-order chi connectivity index (χ1) is 22.6. The van der Waals surface area contributed by atoms with Gasteiger partial charge in [-0.2, -0.15) is 0 Å². The lowest BCUT2D eigenvalue weighted by atomic mass is 10.00. The van der Waals surface area contributed by atoms with Gasteiger partial charge in [-0.25, -0.2) is 0 Å². The van der Waals surface area contributed by atoms with Crippen molar-refractivity contribution in [3.8, 4) is 0 Å². The Labute approximate surface area is 290 Å². The second kappa shape index (κ2) is 12.7. The SMILES string of the molecule is CC1(C)OC2C3OC(C)(C)O[C@H]3C(CS[C@@H]3C[C@H]4OC(C)(C)O[C@H]4C(CO[Si](c4ccccc4)(c4ccccc4)C(C)(C)C)O3)O[C@@H]2O1. The summed E-state index contributed by atoms with van der Waals surface area (Å²) >= 11 is 1.71. The minimum absolute atomic E-state index is 0.124. The Bertz CT molecular complexity index is 1380. The average molecular weight is 701 g/mol. The summed E-state index contributed by atoms with van der Waals surface area (Å²) < 4.78 is 58.8. The van der Waals surface area contributed by atoms with Crippen molar-refractivity contribution in [2.24, 2.45) is 0 Å². The van der Waals surface area contributed by atoms with E-state index in [0.29, 0.717) is 18.8 Å². The highest BCUT2D eigenvalue weighted by Crippen LogP contribution is 2.46. The van der Waals surface area contributed by atoms with E-state index in [1.807, 2.05) is 41.5 Å². The van der Waals surface area contributed by atoms with Gasteiger partial charge in [-0.3, -0.25) is 0 Å². The normalized spacial score (nSPS) is 36.7. The van der Waals surface area contributed by atoms with Gasteiger partial charge in [0.25, 0.3) is 8.32 Å². The van der Waals surface area contributed by atoms with E-state index >= 15 is 0 Å². The smallest absolute Gasteiger partial charge is 0.261 e. The van der Waals surface area contributed by atoms with Gasteiger partial charge < -0.3 is 42.3 Å². The summed E-state index contributed by atoms with van der Waals surface area (Å²) in [6.45, 7) is 18.9. The van der Waals surface area contributed by atoms with E-state index < -0.39 is 32.0 Å². The monoisotopic (exact) mass is 700 g/mol. The Morgan fingerprint density at radius 3 is 1.83 bits per heavy atom. The first-order valence-electron chi connectivity index (χ1n) is 17.3. The molecule has 4 unspecified atom stereocenters. The van der Waals surface area contributed by atoms with Gasteiger partial charge in [-0.05, 0) is 57.0 Å². The van der Waals surface area contributed by atoms with Gasteiger partial charge in [0.2, 0.25) is 0 Å². The summed E-state index contributed by atoms with van der Waals surface area (Å²) in [5.74, 6) is -1.59. The lowest BCUT2D eigenvalue weighted by Gasteiger charge is -2.45. The Morgan fingerprint density at radius 2 is 1.21 bits per heavy atom.